The molecule has 3 nitrogen and oxygen atoms in total. The molecule has 0 radical (unpaired) electrons. The van der Waals surface area contributed by atoms with Crippen LogP contribution >= 0.6 is 0 Å². The Hall–Kier alpha value is -0.120. The summed E-state index contributed by atoms with van der Waals surface area (Å²) in [6.07, 6.45) is 1.70. The van der Waals surface area contributed by atoms with Gasteiger partial charge < -0.3 is 14.7 Å². The van der Waals surface area contributed by atoms with Crippen molar-refractivity contribution in [1.82, 2.24) is 4.90 Å². The van der Waals surface area contributed by atoms with Crippen LogP contribution in [0.15, 0.2) is 0 Å². The van der Waals surface area contributed by atoms with Crippen molar-refractivity contribution in [2.75, 3.05) is 33.4 Å². The van der Waals surface area contributed by atoms with Crippen LogP contribution in [-0.4, -0.2) is 49.5 Å². The molecular formula is C10H23NO2. The highest BCUT2D eigenvalue weighted by Crippen LogP contribution is 1.97. The molecule has 0 bridgehead atoms. The molecule has 0 aromatic rings. The van der Waals surface area contributed by atoms with Crippen molar-refractivity contribution in [3.05, 3.63) is 0 Å². The number of methoxy groups -OCH3 is 1. The fourth-order valence-electron chi connectivity index (χ4n) is 1.24. The molecule has 0 saturated carbocycles. The first-order valence-corrected chi connectivity index (χ1v) is 5.13. The van der Waals surface area contributed by atoms with Gasteiger partial charge in [0.15, 0.2) is 0 Å². The lowest BCUT2D eigenvalue weighted by Crippen LogP contribution is -2.33. The second-order valence-electron chi connectivity index (χ2n) is 3.30. The molecule has 0 rings (SSSR count). The predicted octanol–water partition coefficient (Wildman–Crippen LogP) is 1.12. The quantitative estimate of drug-likeness (QED) is 0.581. The average molecular weight is 189 g/mol. The van der Waals surface area contributed by atoms with Gasteiger partial charge in [0.2, 0.25) is 0 Å². The van der Waals surface area contributed by atoms with E-state index in [2.05, 4.69) is 11.8 Å². The van der Waals surface area contributed by atoms with Crippen molar-refractivity contribution in [3.8, 4) is 0 Å². The van der Waals surface area contributed by atoms with Gasteiger partial charge in [-0.15, -0.1) is 0 Å². The Kier molecular flexibility index (Phi) is 8.40. The summed E-state index contributed by atoms with van der Waals surface area (Å²) < 4.78 is 4.98. The van der Waals surface area contributed by atoms with Crippen molar-refractivity contribution in [2.45, 2.75) is 32.8 Å². The number of hydrogen-bond acceptors (Lipinski definition) is 3. The lowest BCUT2D eigenvalue weighted by molar-refractivity contribution is 0.103. The third-order valence-corrected chi connectivity index (χ3v) is 2.21. The Bertz CT molecular complexity index is 109. The highest BCUT2D eigenvalue weighted by molar-refractivity contribution is 4.61. The van der Waals surface area contributed by atoms with Crippen LogP contribution in [0.25, 0.3) is 0 Å². The Morgan fingerprint density at radius 2 is 2.08 bits per heavy atom. The number of ether oxygens (including phenoxy) is 1. The van der Waals surface area contributed by atoms with Gasteiger partial charge in [0.25, 0.3) is 0 Å². The molecular weight excluding hydrogens is 166 g/mol. The topological polar surface area (TPSA) is 32.7 Å². The molecule has 13 heavy (non-hydrogen) atoms. The largest absolute Gasteiger partial charge is 0.392 e. The van der Waals surface area contributed by atoms with Gasteiger partial charge in [-0.2, -0.15) is 0 Å². The van der Waals surface area contributed by atoms with Crippen LogP contribution in [0.2, 0.25) is 0 Å². The minimum Gasteiger partial charge on any atom is -0.392 e. The zero-order valence-electron chi connectivity index (χ0n) is 9.12. The van der Waals surface area contributed by atoms with Gasteiger partial charge >= 0.3 is 0 Å². The SMILES string of the molecule is CCC(O)CN(CC)CCCOC. The summed E-state index contributed by atoms with van der Waals surface area (Å²) in [6.45, 7) is 7.74. The number of rotatable bonds is 8. The maximum Gasteiger partial charge on any atom is 0.0664 e. The van der Waals surface area contributed by atoms with Crippen LogP contribution < -0.4 is 0 Å². The Morgan fingerprint density at radius 3 is 2.54 bits per heavy atom. The number of likely N-dealkylation sites (N-methyl/N-ethyl adjacent to an activating group) is 1. The molecule has 0 fully saturated rings. The molecule has 0 aliphatic rings. The summed E-state index contributed by atoms with van der Waals surface area (Å²) in [7, 11) is 1.72. The van der Waals surface area contributed by atoms with Crippen molar-refractivity contribution < 1.29 is 9.84 Å². The summed E-state index contributed by atoms with van der Waals surface area (Å²) in [5, 5.41) is 9.44. The van der Waals surface area contributed by atoms with Crippen LogP contribution in [-0.2, 0) is 4.74 Å². The maximum atomic E-state index is 9.44. The standard InChI is InChI=1S/C10H23NO2/c1-4-10(12)9-11(5-2)7-6-8-13-3/h10,12H,4-9H2,1-3H3. The highest BCUT2D eigenvalue weighted by atomic mass is 16.5. The van der Waals surface area contributed by atoms with Crippen LogP contribution in [0.3, 0.4) is 0 Å². The molecule has 0 saturated heterocycles. The second kappa shape index (κ2) is 8.48. The summed E-state index contributed by atoms with van der Waals surface area (Å²) in [4.78, 5) is 2.26. The number of nitrogens with zero attached hydrogens (tertiary/aromatic N) is 1. The molecule has 1 atom stereocenters. The Balaban J connectivity index is 3.50. The molecule has 0 aromatic carbocycles. The van der Waals surface area contributed by atoms with E-state index in [1.54, 1.807) is 7.11 Å². The predicted molar refractivity (Wildman–Crippen MR) is 54.9 cm³/mol. The van der Waals surface area contributed by atoms with Crippen molar-refractivity contribution >= 4 is 0 Å². The molecule has 0 aliphatic carbocycles. The Morgan fingerprint density at radius 1 is 1.38 bits per heavy atom. The molecule has 0 spiro atoms. The van der Waals surface area contributed by atoms with Gasteiger partial charge in [0.05, 0.1) is 6.10 Å². The van der Waals surface area contributed by atoms with Crippen molar-refractivity contribution in [3.63, 3.8) is 0 Å². The van der Waals surface area contributed by atoms with Gasteiger partial charge in [0, 0.05) is 26.8 Å². The maximum absolute atomic E-state index is 9.44. The number of hydrogen-bond donors (Lipinski definition) is 1. The summed E-state index contributed by atoms with van der Waals surface area (Å²) in [6, 6.07) is 0. The minimum atomic E-state index is -0.178. The van der Waals surface area contributed by atoms with E-state index in [-0.39, 0.29) is 6.10 Å². The summed E-state index contributed by atoms with van der Waals surface area (Å²) >= 11 is 0. The van der Waals surface area contributed by atoms with E-state index < -0.39 is 0 Å². The molecule has 0 amide bonds. The second-order valence-corrected chi connectivity index (χ2v) is 3.30. The van der Waals surface area contributed by atoms with E-state index in [0.29, 0.717) is 0 Å². The first-order valence-electron chi connectivity index (χ1n) is 5.13. The molecule has 0 aromatic heterocycles. The average Bonchev–Trinajstić information content (AvgIpc) is 2.16. The first-order chi connectivity index (χ1) is 6.24. The van der Waals surface area contributed by atoms with Crippen LogP contribution in [0.5, 0.6) is 0 Å². The van der Waals surface area contributed by atoms with Gasteiger partial charge in [0.1, 0.15) is 0 Å². The molecule has 1 N–H and O–H groups in total. The molecule has 80 valence electrons. The highest BCUT2D eigenvalue weighted by Gasteiger charge is 2.07. The fraction of sp³-hybridized carbons (Fsp3) is 1.00. The van der Waals surface area contributed by atoms with Crippen molar-refractivity contribution in [2.24, 2.45) is 0 Å². The monoisotopic (exact) mass is 189 g/mol. The zero-order valence-corrected chi connectivity index (χ0v) is 9.12. The Labute approximate surface area is 81.7 Å². The molecule has 0 aliphatic heterocycles. The third kappa shape index (κ3) is 6.99. The van der Waals surface area contributed by atoms with E-state index in [4.69, 9.17) is 4.74 Å². The number of aliphatic hydroxyl groups is 1. The smallest absolute Gasteiger partial charge is 0.0664 e. The number of aliphatic hydroxyl groups excluding tert-OH is 1. The van der Waals surface area contributed by atoms with Crippen LogP contribution in [0.1, 0.15) is 26.7 Å². The van der Waals surface area contributed by atoms with Gasteiger partial charge in [-0.05, 0) is 19.4 Å². The zero-order chi connectivity index (χ0) is 10.1. The van der Waals surface area contributed by atoms with Gasteiger partial charge in [-0.25, -0.2) is 0 Å². The molecule has 3 heteroatoms. The van der Waals surface area contributed by atoms with E-state index in [9.17, 15) is 5.11 Å². The summed E-state index contributed by atoms with van der Waals surface area (Å²) in [5.41, 5.74) is 0. The van der Waals surface area contributed by atoms with Crippen LogP contribution in [0.4, 0.5) is 0 Å². The van der Waals surface area contributed by atoms with Crippen molar-refractivity contribution in [1.29, 1.82) is 0 Å². The molecule has 0 heterocycles. The lowest BCUT2D eigenvalue weighted by atomic mass is 10.2. The third-order valence-electron chi connectivity index (χ3n) is 2.21. The lowest BCUT2D eigenvalue weighted by Gasteiger charge is -2.22. The van der Waals surface area contributed by atoms with Gasteiger partial charge in [-0.1, -0.05) is 13.8 Å². The fourth-order valence-corrected chi connectivity index (χ4v) is 1.24. The minimum absolute atomic E-state index is 0.178. The first kappa shape index (κ1) is 12.9. The van der Waals surface area contributed by atoms with E-state index in [1.165, 1.54) is 0 Å². The molecule has 1 unspecified atom stereocenters. The normalized spacial score (nSPS) is 13.6. The van der Waals surface area contributed by atoms with E-state index >= 15 is 0 Å². The van der Waals surface area contributed by atoms with E-state index in [0.717, 1.165) is 39.1 Å². The van der Waals surface area contributed by atoms with E-state index in [1.807, 2.05) is 6.92 Å². The van der Waals surface area contributed by atoms with Gasteiger partial charge in [-0.3, -0.25) is 0 Å². The van der Waals surface area contributed by atoms with Crippen LogP contribution in [0, 0.1) is 0 Å². The summed E-state index contributed by atoms with van der Waals surface area (Å²) in [5.74, 6) is 0.